The minimum atomic E-state index is -4.72. The number of hydrogen-bond donors (Lipinski definition) is 4. The molecule has 1 heterocycles. The third-order valence-corrected chi connectivity index (χ3v) is 5.90. The summed E-state index contributed by atoms with van der Waals surface area (Å²) in [4.78, 5) is 30.6. The van der Waals surface area contributed by atoms with Gasteiger partial charge in [0.05, 0.1) is 23.3 Å². The van der Waals surface area contributed by atoms with Crippen molar-refractivity contribution in [2.24, 2.45) is 4.99 Å². The third kappa shape index (κ3) is 5.65. The molecule has 192 valence electrons. The standard InChI is InChI=1S/C25H20ClF3N4O4/c1-37-12-21-31-20-10-13(30-23(35)14-5-2-3-6-17(14)25(27,28)29)9-15(22(20)33-21)24(36)32-19-8-4-7-18(26)16(19)11-34/h2-10,34H,11-12H2,1H3,(H,30,35)(H,31,33)(H,32,36)/p+2. The van der Waals surface area contributed by atoms with Crippen LogP contribution in [0.1, 0.15) is 31.8 Å². The van der Waals surface area contributed by atoms with E-state index < -0.39 is 35.7 Å². The van der Waals surface area contributed by atoms with Crippen LogP contribution >= 0.6 is 11.6 Å². The molecule has 37 heavy (non-hydrogen) atoms. The van der Waals surface area contributed by atoms with E-state index in [-0.39, 0.29) is 28.6 Å². The summed E-state index contributed by atoms with van der Waals surface area (Å²) in [5, 5.41) is 16.7. The maximum Gasteiger partial charge on any atom is 0.417 e. The lowest BCUT2D eigenvalue weighted by molar-refractivity contribution is -0.444. The van der Waals surface area contributed by atoms with Crippen molar-refractivity contribution in [1.29, 1.82) is 0 Å². The quantitative estimate of drug-likeness (QED) is 0.273. The Labute approximate surface area is 214 Å². The number of aliphatic hydroxyl groups is 3. The lowest BCUT2D eigenvalue weighted by Gasteiger charge is -2.14. The average Bonchev–Trinajstić information content (AvgIpc) is 3.25. The molecule has 4 rings (SSSR count). The number of rotatable bonds is 7. The van der Waals surface area contributed by atoms with Crippen molar-refractivity contribution in [3.8, 4) is 0 Å². The van der Waals surface area contributed by atoms with Gasteiger partial charge in [-0.15, -0.1) is 0 Å². The molecule has 0 saturated carbocycles. The molecule has 6 N–H and O–H groups in total. The van der Waals surface area contributed by atoms with Crippen LogP contribution in [0.3, 0.4) is 0 Å². The van der Waals surface area contributed by atoms with Gasteiger partial charge in [-0.25, -0.2) is 0 Å². The number of hydrogen-bond acceptors (Lipinski definition) is 4. The highest BCUT2D eigenvalue weighted by atomic mass is 35.5. The fourth-order valence-electron chi connectivity index (χ4n) is 3.89. The summed E-state index contributed by atoms with van der Waals surface area (Å²) >= 11 is 6.12. The number of ether oxygens (including phenoxy) is 1. The highest BCUT2D eigenvalue weighted by Crippen LogP contribution is 2.35. The first-order valence-electron chi connectivity index (χ1n) is 11.0. The van der Waals surface area contributed by atoms with Gasteiger partial charge in [-0.2, -0.15) is 18.2 Å². The Morgan fingerprint density at radius 1 is 1.05 bits per heavy atom. The van der Waals surface area contributed by atoms with Crippen LogP contribution in [0, 0.1) is 0 Å². The zero-order valence-electron chi connectivity index (χ0n) is 19.4. The molecule has 3 aromatic rings. The molecule has 0 fully saturated rings. The van der Waals surface area contributed by atoms with E-state index in [0.717, 1.165) is 12.1 Å². The first-order chi connectivity index (χ1) is 17.6. The van der Waals surface area contributed by atoms with Gasteiger partial charge in [0, 0.05) is 28.0 Å². The number of alkyl halides is 3. The fourth-order valence-corrected chi connectivity index (χ4v) is 4.12. The summed E-state index contributed by atoms with van der Waals surface area (Å²) in [6, 6.07) is 12.0. The molecule has 0 atom stereocenters. The summed E-state index contributed by atoms with van der Waals surface area (Å²) in [6.07, 6.45) is -4.72. The van der Waals surface area contributed by atoms with Crippen molar-refractivity contribution in [1.82, 2.24) is 0 Å². The smallest absolute Gasteiger partial charge is 0.417 e. The van der Waals surface area contributed by atoms with Crippen LogP contribution in [0.15, 0.2) is 59.6 Å². The second kappa shape index (κ2) is 10.7. The monoisotopic (exact) mass is 534 g/mol. The van der Waals surface area contributed by atoms with Gasteiger partial charge in [0.15, 0.2) is 5.69 Å². The van der Waals surface area contributed by atoms with Gasteiger partial charge in [-0.05, 0) is 30.3 Å². The Morgan fingerprint density at radius 3 is 2.49 bits per heavy atom. The van der Waals surface area contributed by atoms with Crippen molar-refractivity contribution in [2.45, 2.75) is 12.8 Å². The zero-order valence-corrected chi connectivity index (χ0v) is 20.1. The summed E-state index contributed by atoms with van der Waals surface area (Å²) in [7, 11) is 1.60. The van der Waals surface area contributed by atoms with Crippen molar-refractivity contribution in [2.75, 3.05) is 24.4 Å². The lowest BCUT2D eigenvalue weighted by Crippen LogP contribution is -2.81. The second-order valence-corrected chi connectivity index (χ2v) is 8.47. The lowest BCUT2D eigenvalue weighted by atomic mass is 10.1. The van der Waals surface area contributed by atoms with E-state index in [1.165, 1.54) is 24.3 Å². The molecule has 0 bridgehead atoms. The second-order valence-electron chi connectivity index (χ2n) is 8.06. The van der Waals surface area contributed by atoms with Gasteiger partial charge in [0.1, 0.15) is 12.8 Å². The van der Waals surface area contributed by atoms with Gasteiger partial charge >= 0.3 is 6.18 Å². The van der Waals surface area contributed by atoms with E-state index in [2.05, 4.69) is 20.4 Å². The summed E-state index contributed by atoms with van der Waals surface area (Å²) < 4.78 is 44.3. The molecule has 0 aliphatic carbocycles. The van der Waals surface area contributed by atoms with E-state index >= 15 is 0 Å². The number of aliphatic hydroxyl groups excluding tert-OH is 1. The summed E-state index contributed by atoms with van der Waals surface area (Å²) in [5.74, 6) is -1.04. The van der Waals surface area contributed by atoms with Crippen LogP contribution in [0.2, 0.25) is 5.02 Å². The number of aliphatic imine (C=N–C) groups is 1. The molecule has 0 saturated heterocycles. The Hall–Kier alpha value is -3.77. The van der Waals surface area contributed by atoms with Crippen LogP contribution in [-0.4, -0.2) is 41.2 Å². The predicted molar refractivity (Wildman–Crippen MR) is 133 cm³/mol. The molecule has 1 aliphatic rings. The topological polar surface area (TPSA) is 120 Å². The first-order valence-corrected chi connectivity index (χ1v) is 11.3. The number of carbonyl (C=O) groups is 2. The van der Waals surface area contributed by atoms with Gasteiger partial charge in [0.2, 0.25) is 6.61 Å². The van der Waals surface area contributed by atoms with E-state index in [9.17, 15) is 27.9 Å². The third-order valence-electron chi connectivity index (χ3n) is 5.54. The van der Waals surface area contributed by atoms with E-state index in [4.69, 9.17) is 11.6 Å². The average molecular weight is 535 g/mol. The van der Waals surface area contributed by atoms with E-state index in [0.29, 0.717) is 22.8 Å². The Bertz CT molecular complexity index is 1410. The number of carbonyl (C=O) groups excluding carboxylic acids is 2. The normalized spacial score (nSPS) is 12.6. The maximum atomic E-state index is 13.4. The summed E-state index contributed by atoms with van der Waals surface area (Å²) in [5.41, 5.74) is -0.0928. The summed E-state index contributed by atoms with van der Waals surface area (Å²) in [6.45, 7) is -0.143. The Morgan fingerprint density at radius 2 is 1.78 bits per heavy atom. The van der Waals surface area contributed by atoms with Crippen LogP contribution in [0.5, 0.6) is 0 Å². The SMILES string of the molecule is C[OH+]CC1=Nc2c(cc(NC(=O)c3ccccc3C(F)(F)F)cc2C(=O)Nc2cccc(Cl)c2CO)[NH2+]1. The number of nitrogens with one attached hydrogen (secondary N) is 2. The van der Waals surface area contributed by atoms with Crippen molar-refractivity contribution in [3.63, 3.8) is 0 Å². The maximum absolute atomic E-state index is 13.4. The molecule has 0 spiro atoms. The number of nitrogens with two attached hydrogens (primary N) is 1. The number of quaternary nitrogens is 1. The van der Waals surface area contributed by atoms with Crippen LogP contribution < -0.4 is 16.0 Å². The molecule has 0 radical (unpaired) electrons. The predicted octanol–water partition coefficient (Wildman–Crippen LogP) is 3.75. The Kier molecular flexibility index (Phi) is 7.60. The molecule has 0 aromatic heterocycles. The fraction of sp³-hybridized carbons (Fsp3) is 0.160. The highest BCUT2D eigenvalue weighted by molar-refractivity contribution is 6.32. The molecular weight excluding hydrogens is 513 g/mol. The molecule has 12 heteroatoms. The molecule has 8 nitrogen and oxygen atoms in total. The number of amidine groups is 1. The number of anilines is 2. The van der Waals surface area contributed by atoms with Crippen LogP contribution in [-0.2, 0) is 12.8 Å². The van der Waals surface area contributed by atoms with Gasteiger partial charge in [-0.3, -0.25) is 14.9 Å². The zero-order chi connectivity index (χ0) is 26.7. The number of halogens is 4. The van der Waals surface area contributed by atoms with Crippen molar-refractivity contribution >= 4 is 52.0 Å². The molecule has 3 aromatic carbocycles. The van der Waals surface area contributed by atoms with Crippen LogP contribution in [0.25, 0.3) is 0 Å². The number of benzene rings is 3. The van der Waals surface area contributed by atoms with E-state index in [1.54, 1.807) is 30.6 Å². The van der Waals surface area contributed by atoms with Gasteiger partial charge < -0.3 is 20.5 Å². The van der Waals surface area contributed by atoms with E-state index in [1.807, 2.05) is 0 Å². The van der Waals surface area contributed by atoms with Crippen LogP contribution in [0.4, 0.5) is 35.9 Å². The number of amides is 2. The first kappa shape index (κ1) is 26.3. The number of nitrogens with zero attached hydrogens (tertiary/aromatic N) is 1. The van der Waals surface area contributed by atoms with Gasteiger partial charge in [-0.1, -0.05) is 29.8 Å². The Balaban J connectivity index is 1.71. The molecule has 0 unspecified atom stereocenters. The minimum Gasteiger partial charge on any atom is -0.427 e. The molecule has 1 aliphatic heterocycles. The van der Waals surface area contributed by atoms with Crippen molar-refractivity contribution in [3.05, 3.63) is 81.9 Å². The largest absolute Gasteiger partial charge is 0.427 e. The van der Waals surface area contributed by atoms with Crippen molar-refractivity contribution < 1.29 is 37.9 Å². The molecular formula is C25H22ClF3N4O4+2. The molecule has 2 amide bonds. The number of fused-ring (bicyclic) bond motifs is 1. The highest BCUT2D eigenvalue weighted by Gasteiger charge is 2.35. The minimum absolute atomic E-state index is 0.0584. The van der Waals surface area contributed by atoms with Gasteiger partial charge in [0.25, 0.3) is 17.6 Å².